The van der Waals surface area contributed by atoms with Gasteiger partial charge in [-0.2, -0.15) is 0 Å². The third-order valence-corrected chi connectivity index (χ3v) is 7.12. The number of nitrogens with zero attached hydrogens (tertiary/aromatic N) is 3. The number of likely N-dealkylation sites (tertiary alicyclic amines) is 1. The second kappa shape index (κ2) is 7.44. The van der Waals surface area contributed by atoms with Crippen LogP contribution in [0, 0.1) is 12.0 Å². The van der Waals surface area contributed by atoms with E-state index < -0.39 is 0 Å². The topological polar surface area (TPSA) is 48.1 Å². The molecule has 0 bridgehead atoms. The van der Waals surface area contributed by atoms with Crippen LogP contribution in [-0.4, -0.2) is 47.7 Å². The molecule has 1 saturated carbocycles. The van der Waals surface area contributed by atoms with Gasteiger partial charge in [-0.1, -0.05) is 28.1 Å². The Labute approximate surface area is 169 Å². The number of piperidine rings is 1. The minimum absolute atomic E-state index is 0.193. The van der Waals surface area contributed by atoms with E-state index >= 15 is 0 Å². The minimum Gasteiger partial charge on any atom is -0.393 e. The monoisotopic (exact) mass is 431 g/mol. The highest BCUT2D eigenvalue weighted by molar-refractivity contribution is 9.10. The molecule has 1 aliphatic carbocycles. The molecule has 3 aliphatic rings. The number of hydrogen-bond acceptors (Lipinski definition) is 3. The van der Waals surface area contributed by atoms with Gasteiger partial charge < -0.3 is 14.9 Å². The molecule has 27 heavy (non-hydrogen) atoms. The summed E-state index contributed by atoms with van der Waals surface area (Å²) in [6, 6.07) is 6.05. The van der Waals surface area contributed by atoms with Crippen molar-refractivity contribution in [3.8, 4) is 0 Å². The molecule has 144 valence electrons. The van der Waals surface area contributed by atoms with Crippen LogP contribution in [0.3, 0.4) is 0 Å². The van der Waals surface area contributed by atoms with Crippen LogP contribution in [-0.2, 0) is 4.79 Å². The van der Waals surface area contributed by atoms with Crippen molar-refractivity contribution in [3.63, 3.8) is 0 Å². The van der Waals surface area contributed by atoms with Gasteiger partial charge in [-0.15, -0.1) is 0 Å². The maximum absolute atomic E-state index is 13.4. The predicted octanol–water partition coefficient (Wildman–Crippen LogP) is 4.12. The molecule has 0 aromatic heterocycles. The Morgan fingerprint density at radius 1 is 1.19 bits per heavy atom. The predicted molar refractivity (Wildman–Crippen MR) is 109 cm³/mol. The van der Waals surface area contributed by atoms with Gasteiger partial charge in [0, 0.05) is 35.8 Å². The van der Waals surface area contributed by atoms with Crippen LogP contribution in [0.1, 0.15) is 44.9 Å². The first kappa shape index (κ1) is 18.8. The number of hydrogen-bond donors (Lipinski definition) is 1. The smallest absolute Gasteiger partial charge is 0.230 e. The fourth-order valence-electron chi connectivity index (χ4n) is 5.13. The molecule has 0 unspecified atom stereocenters. The molecular formula is C21H26BrN3O2. The number of rotatable bonds is 2. The van der Waals surface area contributed by atoms with E-state index in [0.29, 0.717) is 24.2 Å². The summed E-state index contributed by atoms with van der Waals surface area (Å²) in [6.07, 6.45) is 6.08. The van der Waals surface area contributed by atoms with Crippen molar-refractivity contribution in [2.75, 3.05) is 24.5 Å². The van der Waals surface area contributed by atoms with Gasteiger partial charge in [0.25, 0.3) is 0 Å². The number of anilines is 1. The van der Waals surface area contributed by atoms with Gasteiger partial charge in [0.2, 0.25) is 11.6 Å². The summed E-state index contributed by atoms with van der Waals surface area (Å²) in [5.41, 5.74) is 1.28. The molecule has 1 spiro atoms. The number of amides is 1. The van der Waals surface area contributed by atoms with Crippen LogP contribution in [0.15, 0.2) is 22.7 Å². The Bertz CT molecular complexity index is 769. The van der Waals surface area contributed by atoms with Crippen LogP contribution < -0.4 is 4.90 Å². The van der Waals surface area contributed by atoms with Crippen LogP contribution in [0.4, 0.5) is 11.4 Å². The van der Waals surface area contributed by atoms with Gasteiger partial charge in [0.15, 0.2) is 0 Å². The highest BCUT2D eigenvalue weighted by atomic mass is 79.9. The highest BCUT2D eigenvalue weighted by Crippen LogP contribution is 2.45. The zero-order valence-electron chi connectivity index (χ0n) is 15.5. The van der Waals surface area contributed by atoms with Gasteiger partial charge >= 0.3 is 0 Å². The fraction of sp³-hybridized carbons (Fsp3) is 0.619. The first-order valence-corrected chi connectivity index (χ1v) is 10.7. The molecule has 3 fully saturated rings. The maximum atomic E-state index is 13.4. The normalized spacial score (nSPS) is 31.4. The summed E-state index contributed by atoms with van der Waals surface area (Å²) in [4.78, 5) is 21.5. The van der Waals surface area contributed by atoms with Crippen LogP contribution >= 0.6 is 15.9 Å². The van der Waals surface area contributed by atoms with Crippen LogP contribution in [0.25, 0.3) is 4.85 Å². The quantitative estimate of drug-likeness (QED) is 0.716. The Morgan fingerprint density at radius 3 is 2.70 bits per heavy atom. The zero-order chi connectivity index (χ0) is 19.0. The van der Waals surface area contributed by atoms with Crippen molar-refractivity contribution in [3.05, 3.63) is 34.1 Å². The number of carbonyl (C=O) groups excluding carboxylic acids is 1. The van der Waals surface area contributed by atoms with Crippen molar-refractivity contribution < 1.29 is 9.90 Å². The number of halogens is 1. The molecular weight excluding hydrogens is 406 g/mol. The lowest BCUT2D eigenvalue weighted by Gasteiger charge is -2.42. The van der Waals surface area contributed by atoms with Crippen molar-refractivity contribution >= 4 is 33.2 Å². The van der Waals surface area contributed by atoms with E-state index in [0.717, 1.165) is 68.2 Å². The minimum atomic E-state index is -0.310. The summed E-state index contributed by atoms with van der Waals surface area (Å²) >= 11 is 3.52. The molecule has 1 amide bonds. The van der Waals surface area contributed by atoms with Crippen molar-refractivity contribution in [2.24, 2.45) is 5.41 Å². The van der Waals surface area contributed by atoms with E-state index in [-0.39, 0.29) is 11.5 Å². The van der Waals surface area contributed by atoms with Gasteiger partial charge in [0.05, 0.1) is 18.1 Å². The fourth-order valence-corrected chi connectivity index (χ4v) is 5.48. The third kappa shape index (κ3) is 3.48. The number of aliphatic hydroxyl groups is 1. The molecule has 2 aliphatic heterocycles. The van der Waals surface area contributed by atoms with Gasteiger partial charge in [0.1, 0.15) is 0 Å². The molecule has 1 N–H and O–H groups in total. The standard InChI is InChI=1S/C21H26BrN3O2/c1-23-18-8-3-15(22)13-19(18)24-11-2-9-21(14-24)10-12-25(20(21)27)16-4-6-17(26)7-5-16/h3,8,13,16-17,26H,2,4-7,9-12,14H2/t16?,17?,21-/m1/s1. The number of carbonyl (C=O) groups is 1. The van der Waals surface area contributed by atoms with Gasteiger partial charge in [-0.05, 0) is 51.0 Å². The molecule has 0 radical (unpaired) electrons. The summed E-state index contributed by atoms with van der Waals surface area (Å²) < 4.78 is 0.963. The average Bonchev–Trinajstić information content (AvgIpc) is 2.98. The Kier molecular flexibility index (Phi) is 5.17. The van der Waals surface area contributed by atoms with Crippen molar-refractivity contribution in [1.82, 2.24) is 4.90 Å². The van der Waals surface area contributed by atoms with E-state index in [1.165, 1.54) is 0 Å². The Balaban J connectivity index is 1.54. The lowest BCUT2D eigenvalue weighted by Crippen LogP contribution is -2.50. The average molecular weight is 432 g/mol. The second-order valence-corrected chi connectivity index (χ2v) is 9.18. The summed E-state index contributed by atoms with van der Waals surface area (Å²) in [7, 11) is 0. The third-order valence-electron chi connectivity index (χ3n) is 6.63. The van der Waals surface area contributed by atoms with E-state index in [9.17, 15) is 9.90 Å². The number of aliphatic hydroxyl groups excluding tert-OH is 1. The lowest BCUT2D eigenvalue weighted by atomic mass is 9.78. The Morgan fingerprint density at radius 2 is 1.96 bits per heavy atom. The molecule has 1 aromatic rings. The first-order chi connectivity index (χ1) is 13.0. The molecule has 4 rings (SSSR count). The largest absolute Gasteiger partial charge is 0.393 e. The van der Waals surface area contributed by atoms with E-state index in [2.05, 4.69) is 30.6 Å². The molecule has 5 nitrogen and oxygen atoms in total. The van der Waals surface area contributed by atoms with E-state index in [1.54, 1.807) is 0 Å². The highest BCUT2D eigenvalue weighted by Gasteiger charge is 2.50. The number of benzene rings is 1. The van der Waals surface area contributed by atoms with E-state index in [1.807, 2.05) is 18.2 Å². The van der Waals surface area contributed by atoms with Crippen LogP contribution in [0.2, 0.25) is 0 Å². The molecule has 2 saturated heterocycles. The second-order valence-electron chi connectivity index (χ2n) is 8.26. The Hall–Kier alpha value is -1.58. The molecule has 1 aromatic carbocycles. The SMILES string of the molecule is [C-]#[N+]c1ccc(Br)cc1N1CCC[C@@]2(CCN(C3CCC(O)CC3)C2=O)C1. The zero-order valence-corrected chi connectivity index (χ0v) is 17.1. The van der Waals surface area contributed by atoms with Crippen LogP contribution in [0.5, 0.6) is 0 Å². The first-order valence-electron chi connectivity index (χ1n) is 9.93. The lowest BCUT2D eigenvalue weighted by molar-refractivity contribution is -0.139. The summed E-state index contributed by atoms with van der Waals surface area (Å²) in [5, 5.41) is 9.77. The summed E-state index contributed by atoms with van der Waals surface area (Å²) in [5.74, 6) is 0.299. The van der Waals surface area contributed by atoms with Crippen molar-refractivity contribution in [2.45, 2.75) is 57.1 Å². The molecule has 6 heteroatoms. The van der Waals surface area contributed by atoms with Crippen molar-refractivity contribution in [1.29, 1.82) is 0 Å². The molecule has 2 heterocycles. The summed E-state index contributed by atoms with van der Waals surface area (Å²) in [6.45, 7) is 9.92. The van der Waals surface area contributed by atoms with Gasteiger partial charge in [-0.25, -0.2) is 4.85 Å². The van der Waals surface area contributed by atoms with E-state index in [4.69, 9.17) is 6.57 Å². The van der Waals surface area contributed by atoms with Gasteiger partial charge in [-0.3, -0.25) is 4.79 Å². The maximum Gasteiger partial charge on any atom is 0.230 e. The molecule has 1 atom stereocenters.